The molecule has 132 valence electrons. The number of ether oxygens (including phenoxy) is 3. The summed E-state index contributed by atoms with van der Waals surface area (Å²) in [6.45, 7) is 4.96. The van der Waals surface area contributed by atoms with Crippen LogP contribution in [-0.2, 0) is 27.5 Å². The summed E-state index contributed by atoms with van der Waals surface area (Å²) in [5.74, 6) is 0. The Bertz CT molecular complexity index is 236. The van der Waals surface area contributed by atoms with Crippen LogP contribution in [0.25, 0.3) is 0 Å². The molecule has 0 bridgehead atoms. The molecule has 7 heteroatoms. The summed E-state index contributed by atoms with van der Waals surface area (Å²) in [4.78, 5) is 0. The quantitative estimate of drug-likeness (QED) is 0.318. The summed E-state index contributed by atoms with van der Waals surface area (Å²) in [5, 5.41) is 0. The van der Waals surface area contributed by atoms with E-state index >= 15 is 0 Å². The molecule has 0 saturated carbocycles. The van der Waals surface area contributed by atoms with Gasteiger partial charge in [-0.25, -0.2) is 0 Å². The second-order valence-corrected chi connectivity index (χ2v) is 7.08. The molecule has 0 radical (unpaired) electrons. The monoisotopic (exact) mass is 336 g/mol. The molecule has 0 fully saturated rings. The van der Waals surface area contributed by atoms with Gasteiger partial charge < -0.3 is 27.5 Å². The van der Waals surface area contributed by atoms with Crippen LogP contribution in [-0.4, -0.2) is 69.8 Å². The van der Waals surface area contributed by atoms with E-state index in [1.807, 2.05) is 5.70 Å². The van der Waals surface area contributed by atoms with Crippen molar-refractivity contribution in [2.24, 2.45) is 0 Å². The second kappa shape index (κ2) is 15.6. The average Bonchev–Trinajstić information content (AvgIpc) is 2.52. The van der Waals surface area contributed by atoms with E-state index in [0.717, 1.165) is 19.3 Å². The number of hydrogen-bond donors (Lipinski definition) is 0. The largest absolute Gasteiger partial charge is 0.529 e. The number of hydrogen-bond acceptors (Lipinski definition) is 6. The van der Waals surface area contributed by atoms with Crippen molar-refractivity contribution in [3.8, 4) is 0 Å². The number of rotatable bonds is 16. The van der Waals surface area contributed by atoms with Crippen LogP contribution >= 0.6 is 0 Å². The molecule has 0 saturated heterocycles. The van der Waals surface area contributed by atoms with Crippen molar-refractivity contribution in [1.82, 2.24) is 0 Å². The molecule has 0 aromatic rings. The Morgan fingerprint density at radius 3 is 1.55 bits per heavy atom. The molecule has 0 heterocycles. The SMILES string of the molecule is CCCCC=C[Si](OCCOC)(OCCOC)OCCOC. The van der Waals surface area contributed by atoms with Gasteiger partial charge in [-0.1, -0.05) is 25.8 Å². The minimum absolute atomic E-state index is 0.431. The topological polar surface area (TPSA) is 55.4 Å². The Morgan fingerprint density at radius 1 is 0.727 bits per heavy atom. The molecule has 0 N–H and O–H groups in total. The molecule has 0 spiro atoms. The maximum absolute atomic E-state index is 5.92. The van der Waals surface area contributed by atoms with Gasteiger partial charge in [-0.3, -0.25) is 0 Å². The third-order valence-corrected chi connectivity index (χ3v) is 5.28. The number of allylic oxidation sites excluding steroid dienone is 1. The Kier molecular flexibility index (Phi) is 15.4. The lowest BCUT2D eigenvalue weighted by molar-refractivity contribution is 0.0231. The summed E-state index contributed by atoms with van der Waals surface area (Å²) >= 11 is 0. The third-order valence-electron chi connectivity index (χ3n) is 2.82. The first-order valence-corrected chi connectivity index (χ1v) is 9.61. The zero-order valence-electron chi connectivity index (χ0n) is 14.5. The molecule has 0 unspecified atom stereocenters. The van der Waals surface area contributed by atoms with E-state index in [4.69, 9.17) is 27.5 Å². The van der Waals surface area contributed by atoms with Gasteiger partial charge in [-0.15, -0.1) is 0 Å². The van der Waals surface area contributed by atoms with Crippen LogP contribution in [0.3, 0.4) is 0 Å². The Labute approximate surface area is 136 Å². The highest BCUT2D eigenvalue weighted by atomic mass is 28.4. The highest BCUT2D eigenvalue weighted by Crippen LogP contribution is 2.13. The Balaban J connectivity index is 4.71. The first kappa shape index (κ1) is 21.7. The van der Waals surface area contributed by atoms with E-state index in [-0.39, 0.29) is 0 Å². The van der Waals surface area contributed by atoms with Crippen molar-refractivity contribution >= 4 is 8.80 Å². The molecule has 0 aliphatic carbocycles. The average molecular weight is 337 g/mol. The lowest BCUT2D eigenvalue weighted by atomic mass is 10.2. The van der Waals surface area contributed by atoms with Crippen molar-refractivity contribution in [1.29, 1.82) is 0 Å². The zero-order valence-corrected chi connectivity index (χ0v) is 15.5. The van der Waals surface area contributed by atoms with E-state index in [0.29, 0.717) is 39.6 Å². The van der Waals surface area contributed by atoms with Gasteiger partial charge in [-0.05, 0) is 12.1 Å². The molecule has 0 aliphatic rings. The third kappa shape index (κ3) is 11.3. The van der Waals surface area contributed by atoms with Crippen LogP contribution < -0.4 is 0 Å². The van der Waals surface area contributed by atoms with E-state index in [2.05, 4.69) is 13.0 Å². The fourth-order valence-electron chi connectivity index (χ4n) is 1.62. The molecule has 0 aromatic carbocycles. The first-order valence-electron chi connectivity index (χ1n) is 7.81. The van der Waals surface area contributed by atoms with Gasteiger partial charge >= 0.3 is 8.80 Å². The Morgan fingerprint density at radius 2 is 1.18 bits per heavy atom. The predicted octanol–water partition coefficient (Wildman–Crippen LogP) is 2.20. The molecular weight excluding hydrogens is 304 g/mol. The zero-order chi connectivity index (χ0) is 16.5. The van der Waals surface area contributed by atoms with Gasteiger partial charge in [0, 0.05) is 21.3 Å². The minimum atomic E-state index is -2.88. The van der Waals surface area contributed by atoms with E-state index in [1.54, 1.807) is 21.3 Å². The summed E-state index contributed by atoms with van der Waals surface area (Å²) in [6.07, 6.45) is 5.36. The highest BCUT2D eigenvalue weighted by molar-refractivity contribution is 6.66. The smallest absolute Gasteiger partial charge is 0.382 e. The van der Waals surface area contributed by atoms with E-state index in [9.17, 15) is 0 Å². The highest BCUT2D eigenvalue weighted by Gasteiger charge is 2.38. The maximum atomic E-state index is 5.92. The van der Waals surface area contributed by atoms with Crippen molar-refractivity contribution < 1.29 is 27.5 Å². The van der Waals surface area contributed by atoms with Crippen LogP contribution in [0.15, 0.2) is 11.8 Å². The summed E-state index contributed by atoms with van der Waals surface area (Å²) < 4.78 is 32.9. The first-order chi connectivity index (χ1) is 10.7. The fraction of sp³-hybridized carbons (Fsp3) is 0.867. The van der Waals surface area contributed by atoms with Crippen LogP contribution in [0.2, 0.25) is 0 Å². The standard InChI is InChI=1S/C15H32O6Si/c1-5-6-7-8-15-22(19-12-9-16-2,20-13-10-17-3)21-14-11-18-4/h8,15H,5-7,9-14H2,1-4H3. The van der Waals surface area contributed by atoms with E-state index < -0.39 is 8.80 Å². The van der Waals surface area contributed by atoms with Crippen molar-refractivity contribution in [3.05, 3.63) is 11.8 Å². The lowest BCUT2D eigenvalue weighted by Gasteiger charge is -2.27. The number of unbranched alkanes of at least 4 members (excludes halogenated alkanes) is 2. The van der Waals surface area contributed by atoms with Crippen molar-refractivity contribution in [2.75, 3.05) is 61.0 Å². The maximum Gasteiger partial charge on any atom is 0.529 e. The fourth-order valence-corrected chi connectivity index (χ4v) is 3.72. The van der Waals surface area contributed by atoms with Gasteiger partial charge in [-0.2, -0.15) is 0 Å². The summed E-state index contributed by atoms with van der Waals surface area (Å²) in [6, 6.07) is 0. The molecule has 0 atom stereocenters. The Hall–Kier alpha value is -0.283. The molecule has 0 aliphatic heterocycles. The molecular formula is C15H32O6Si. The predicted molar refractivity (Wildman–Crippen MR) is 87.9 cm³/mol. The second-order valence-electron chi connectivity index (χ2n) is 4.67. The van der Waals surface area contributed by atoms with Gasteiger partial charge in [0.25, 0.3) is 0 Å². The normalized spacial score (nSPS) is 12.4. The summed E-state index contributed by atoms with van der Waals surface area (Å²) in [5.41, 5.74) is 1.96. The van der Waals surface area contributed by atoms with E-state index in [1.165, 1.54) is 0 Å². The molecule has 0 aromatic heterocycles. The number of methoxy groups -OCH3 is 3. The molecule has 22 heavy (non-hydrogen) atoms. The van der Waals surface area contributed by atoms with Gasteiger partial charge in [0.05, 0.1) is 39.6 Å². The van der Waals surface area contributed by atoms with Crippen LogP contribution in [0.1, 0.15) is 26.2 Å². The van der Waals surface area contributed by atoms with Crippen LogP contribution in [0, 0.1) is 0 Å². The molecule has 0 rings (SSSR count). The minimum Gasteiger partial charge on any atom is -0.382 e. The van der Waals surface area contributed by atoms with Gasteiger partial charge in [0.1, 0.15) is 0 Å². The van der Waals surface area contributed by atoms with Crippen LogP contribution in [0.5, 0.6) is 0 Å². The van der Waals surface area contributed by atoms with Gasteiger partial charge in [0.15, 0.2) is 0 Å². The molecule has 6 nitrogen and oxygen atoms in total. The van der Waals surface area contributed by atoms with Crippen molar-refractivity contribution in [2.45, 2.75) is 26.2 Å². The van der Waals surface area contributed by atoms with Crippen molar-refractivity contribution in [3.63, 3.8) is 0 Å². The van der Waals surface area contributed by atoms with Gasteiger partial charge in [0.2, 0.25) is 0 Å². The summed E-state index contributed by atoms with van der Waals surface area (Å²) in [7, 11) is 2.04. The van der Waals surface area contributed by atoms with Crippen LogP contribution in [0.4, 0.5) is 0 Å². The molecule has 0 amide bonds. The lowest BCUT2D eigenvalue weighted by Crippen LogP contribution is -2.46.